The Morgan fingerprint density at radius 3 is 2.64 bits per heavy atom. The predicted octanol–water partition coefficient (Wildman–Crippen LogP) is 3.55. The van der Waals surface area contributed by atoms with E-state index in [4.69, 9.17) is 4.74 Å². The van der Waals surface area contributed by atoms with Crippen LogP contribution < -0.4 is 9.64 Å². The van der Waals surface area contributed by atoms with Crippen LogP contribution in [0.2, 0.25) is 0 Å². The largest absolute Gasteiger partial charge is 0.497 e. The van der Waals surface area contributed by atoms with Crippen LogP contribution in [0.5, 0.6) is 5.75 Å². The Kier molecular flexibility index (Phi) is 5.09. The lowest BCUT2D eigenvalue weighted by Crippen LogP contribution is -2.55. The van der Waals surface area contributed by atoms with Crippen molar-refractivity contribution >= 4 is 11.6 Å². The maximum atomic E-state index is 12.9. The van der Waals surface area contributed by atoms with Gasteiger partial charge in [0.15, 0.2) is 0 Å². The standard InChI is InChI=1S/C21H26N2O2/c1-15-8-9-20(16(2)12-15)23-11-10-22(17(3)21(23)24)14-18-6-5-7-19(13-18)25-4/h5-9,12-13,17H,10-11,14H2,1-4H3. The Bertz CT molecular complexity index is 772. The van der Waals surface area contributed by atoms with E-state index >= 15 is 0 Å². The first-order valence-electron chi connectivity index (χ1n) is 8.75. The van der Waals surface area contributed by atoms with Gasteiger partial charge in [0, 0.05) is 25.3 Å². The molecule has 1 heterocycles. The van der Waals surface area contributed by atoms with Crippen molar-refractivity contribution in [2.24, 2.45) is 0 Å². The molecule has 132 valence electrons. The summed E-state index contributed by atoms with van der Waals surface area (Å²) in [5.74, 6) is 1.02. The number of rotatable bonds is 4. The third kappa shape index (κ3) is 3.69. The zero-order valence-electron chi connectivity index (χ0n) is 15.5. The van der Waals surface area contributed by atoms with E-state index in [1.54, 1.807) is 7.11 Å². The number of hydrogen-bond acceptors (Lipinski definition) is 3. The van der Waals surface area contributed by atoms with Crippen LogP contribution in [0.15, 0.2) is 42.5 Å². The fraction of sp³-hybridized carbons (Fsp3) is 0.381. The molecule has 0 N–H and O–H groups in total. The lowest BCUT2D eigenvalue weighted by Gasteiger charge is -2.39. The SMILES string of the molecule is COc1cccc(CN2CCN(c3ccc(C)cc3C)C(=O)C2C)c1. The number of aryl methyl sites for hydroxylation is 2. The Morgan fingerprint density at radius 2 is 1.92 bits per heavy atom. The van der Waals surface area contributed by atoms with Gasteiger partial charge in [0.2, 0.25) is 5.91 Å². The van der Waals surface area contributed by atoms with Gasteiger partial charge in [-0.15, -0.1) is 0 Å². The summed E-state index contributed by atoms with van der Waals surface area (Å²) >= 11 is 0. The summed E-state index contributed by atoms with van der Waals surface area (Å²) < 4.78 is 5.30. The van der Waals surface area contributed by atoms with Gasteiger partial charge in [-0.25, -0.2) is 0 Å². The minimum atomic E-state index is -0.138. The smallest absolute Gasteiger partial charge is 0.244 e. The molecule has 1 saturated heterocycles. The van der Waals surface area contributed by atoms with Gasteiger partial charge < -0.3 is 9.64 Å². The average Bonchev–Trinajstić information content (AvgIpc) is 2.60. The molecule has 0 aliphatic carbocycles. The molecular formula is C21H26N2O2. The number of anilines is 1. The molecule has 0 radical (unpaired) electrons. The van der Waals surface area contributed by atoms with Crippen LogP contribution in [0.3, 0.4) is 0 Å². The van der Waals surface area contributed by atoms with Crippen LogP contribution in [0, 0.1) is 13.8 Å². The maximum Gasteiger partial charge on any atom is 0.244 e. The van der Waals surface area contributed by atoms with E-state index in [1.807, 2.05) is 30.0 Å². The number of piperazine rings is 1. The molecule has 1 atom stereocenters. The first-order valence-corrected chi connectivity index (χ1v) is 8.75. The van der Waals surface area contributed by atoms with Crippen LogP contribution in [0.25, 0.3) is 0 Å². The number of hydrogen-bond donors (Lipinski definition) is 0. The summed E-state index contributed by atoms with van der Waals surface area (Å²) in [5.41, 5.74) is 4.57. The maximum absolute atomic E-state index is 12.9. The Hall–Kier alpha value is -2.33. The minimum Gasteiger partial charge on any atom is -0.497 e. The number of benzene rings is 2. The molecule has 1 unspecified atom stereocenters. The molecular weight excluding hydrogens is 312 g/mol. The van der Waals surface area contributed by atoms with Gasteiger partial charge in [-0.05, 0) is 50.1 Å². The molecule has 0 aromatic heterocycles. The van der Waals surface area contributed by atoms with Crippen molar-refractivity contribution in [2.75, 3.05) is 25.1 Å². The van der Waals surface area contributed by atoms with Gasteiger partial charge >= 0.3 is 0 Å². The Morgan fingerprint density at radius 1 is 1.12 bits per heavy atom. The zero-order chi connectivity index (χ0) is 18.0. The molecule has 0 spiro atoms. The summed E-state index contributed by atoms with van der Waals surface area (Å²) in [6.45, 7) is 8.48. The molecule has 2 aromatic carbocycles. The van der Waals surface area contributed by atoms with Crippen LogP contribution in [-0.2, 0) is 11.3 Å². The van der Waals surface area contributed by atoms with E-state index in [1.165, 1.54) is 11.1 Å². The number of carbonyl (C=O) groups is 1. The molecule has 2 aromatic rings. The lowest BCUT2D eigenvalue weighted by atomic mass is 10.1. The number of amides is 1. The van der Waals surface area contributed by atoms with Crippen molar-refractivity contribution in [1.82, 2.24) is 4.90 Å². The van der Waals surface area contributed by atoms with Crippen molar-refractivity contribution in [2.45, 2.75) is 33.4 Å². The summed E-state index contributed by atoms with van der Waals surface area (Å²) in [4.78, 5) is 17.1. The predicted molar refractivity (Wildman–Crippen MR) is 101 cm³/mol. The van der Waals surface area contributed by atoms with Crippen molar-refractivity contribution in [3.05, 3.63) is 59.2 Å². The molecule has 25 heavy (non-hydrogen) atoms. The average molecular weight is 338 g/mol. The molecule has 0 bridgehead atoms. The number of ether oxygens (including phenoxy) is 1. The van der Waals surface area contributed by atoms with E-state index in [-0.39, 0.29) is 11.9 Å². The molecule has 4 heteroatoms. The van der Waals surface area contributed by atoms with Gasteiger partial charge in [-0.2, -0.15) is 0 Å². The normalized spacial score (nSPS) is 18.5. The number of carbonyl (C=O) groups excluding carboxylic acids is 1. The second-order valence-corrected chi connectivity index (χ2v) is 6.78. The fourth-order valence-corrected chi connectivity index (χ4v) is 3.48. The molecule has 1 aliphatic rings. The first-order chi connectivity index (χ1) is 12.0. The quantitative estimate of drug-likeness (QED) is 0.855. The van der Waals surface area contributed by atoms with Gasteiger partial charge in [0.25, 0.3) is 0 Å². The molecule has 4 nitrogen and oxygen atoms in total. The highest BCUT2D eigenvalue weighted by molar-refractivity contribution is 5.98. The van der Waals surface area contributed by atoms with E-state index in [0.717, 1.165) is 36.6 Å². The van der Waals surface area contributed by atoms with Gasteiger partial charge in [0.1, 0.15) is 5.75 Å². The third-order valence-electron chi connectivity index (χ3n) is 4.94. The van der Waals surface area contributed by atoms with E-state index in [2.05, 4.69) is 43.0 Å². The summed E-state index contributed by atoms with van der Waals surface area (Å²) in [6.07, 6.45) is 0. The van der Waals surface area contributed by atoms with Crippen LogP contribution in [-0.4, -0.2) is 37.0 Å². The molecule has 1 amide bonds. The second kappa shape index (κ2) is 7.28. The Labute approximate surface area is 150 Å². The molecule has 3 rings (SSSR count). The summed E-state index contributed by atoms with van der Waals surface area (Å²) in [7, 11) is 1.67. The second-order valence-electron chi connectivity index (χ2n) is 6.78. The third-order valence-corrected chi connectivity index (χ3v) is 4.94. The van der Waals surface area contributed by atoms with Crippen LogP contribution in [0.1, 0.15) is 23.6 Å². The van der Waals surface area contributed by atoms with Crippen molar-refractivity contribution in [3.63, 3.8) is 0 Å². The summed E-state index contributed by atoms with van der Waals surface area (Å²) in [5, 5.41) is 0. The van der Waals surface area contributed by atoms with E-state index in [9.17, 15) is 4.79 Å². The van der Waals surface area contributed by atoms with Crippen LogP contribution >= 0.6 is 0 Å². The zero-order valence-corrected chi connectivity index (χ0v) is 15.5. The van der Waals surface area contributed by atoms with Crippen molar-refractivity contribution in [3.8, 4) is 5.75 Å². The fourth-order valence-electron chi connectivity index (χ4n) is 3.48. The molecule has 0 saturated carbocycles. The number of nitrogens with zero attached hydrogens (tertiary/aromatic N) is 2. The first kappa shape index (κ1) is 17.5. The highest BCUT2D eigenvalue weighted by Crippen LogP contribution is 2.26. The monoisotopic (exact) mass is 338 g/mol. The highest BCUT2D eigenvalue weighted by atomic mass is 16.5. The summed E-state index contributed by atoms with van der Waals surface area (Å²) in [6, 6.07) is 14.2. The minimum absolute atomic E-state index is 0.138. The van der Waals surface area contributed by atoms with Crippen molar-refractivity contribution < 1.29 is 9.53 Å². The highest BCUT2D eigenvalue weighted by Gasteiger charge is 2.32. The van der Waals surface area contributed by atoms with Gasteiger partial charge in [0.05, 0.1) is 13.2 Å². The van der Waals surface area contributed by atoms with Gasteiger partial charge in [-0.1, -0.05) is 29.8 Å². The van der Waals surface area contributed by atoms with E-state index in [0.29, 0.717) is 0 Å². The number of methoxy groups -OCH3 is 1. The molecule has 1 aliphatic heterocycles. The van der Waals surface area contributed by atoms with Crippen LogP contribution in [0.4, 0.5) is 5.69 Å². The van der Waals surface area contributed by atoms with Crippen molar-refractivity contribution in [1.29, 1.82) is 0 Å². The van der Waals surface area contributed by atoms with Gasteiger partial charge in [-0.3, -0.25) is 9.69 Å². The van der Waals surface area contributed by atoms with E-state index < -0.39 is 0 Å². The topological polar surface area (TPSA) is 32.8 Å². The Balaban J connectivity index is 1.74. The lowest BCUT2D eigenvalue weighted by molar-refractivity contribution is -0.125. The molecule has 1 fully saturated rings.